The number of aromatic nitrogens is 4. The van der Waals surface area contributed by atoms with E-state index >= 15 is 0 Å². The summed E-state index contributed by atoms with van der Waals surface area (Å²) in [6, 6.07) is 5.86. The largest absolute Gasteiger partial charge is 0.339 e. The smallest absolute Gasteiger partial charge is 0.321 e. The van der Waals surface area contributed by atoms with Crippen LogP contribution in [0, 0.1) is 5.82 Å². The highest BCUT2D eigenvalue weighted by atomic mass is 19.1. The summed E-state index contributed by atoms with van der Waals surface area (Å²) in [6.07, 6.45) is 4.84. The number of piperidine rings is 1. The normalized spacial score (nSPS) is 17.3. The van der Waals surface area contributed by atoms with Crippen molar-refractivity contribution in [1.82, 2.24) is 25.2 Å². The Hall–Kier alpha value is -3.23. The van der Waals surface area contributed by atoms with Gasteiger partial charge in [0.15, 0.2) is 0 Å². The van der Waals surface area contributed by atoms with Gasteiger partial charge in [0.05, 0.1) is 17.8 Å². The molecule has 0 aliphatic carbocycles. The van der Waals surface area contributed by atoms with E-state index in [0.717, 1.165) is 12.8 Å². The maximum Gasteiger partial charge on any atom is 0.321 e. The Labute approximate surface area is 148 Å². The highest BCUT2D eigenvalue weighted by molar-refractivity contribution is 5.89. The number of hydrogen-bond acceptors (Lipinski definition) is 5. The number of carbonyl (C=O) groups excluding carboxylic acids is 1. The van der Waals surface area contributed by atoms with Gasteiger partial charge in [0.25, 0.3) is 0 Å². The summed E-state index contributed by atoms with van der Waals surface area (Å²) < 4.78 is 18.7. The number of urea groups is 1. The van der Waals surface area contributed by atoms with E-state index in [1.165, 1.54) is 12.1 Å². The Bertz CT molecular complexity index is 894. The van der Waals surface area contributed by atoms with Crippen molar-refractivity contribution in [1.29, 1.82) is 0 Å². The number of nitrogens with one attached hydrogen (secondary N) is 2. The zero-order chi connectivity index (χ0) is 17.9. The Morgan fingerprint density at radius 3 is 3.15 bits per heavy atom. The lowest BCUT2D eigenvalue weighted by Gasteiger charge is -2.30. The number of aromatic amines is 1. The van der Waals surface area contributed by atoms with E-state index < -0.39 is 0 Å². The van der Waals surface area contributed by atoms with Gasteiger partial charge in [0.2, 0.25) is 11.7 Å². The van der Waals surface area contributed by atoms with Crippen LogP contribution in [0.3, 0.4) is 0 Å². The molecule has 1 atom stereocenters. The minimum Gasteiger partial charge on any atom is -0.339 e. The predicted octanol–water partition coefficient (Wildman–Crippen LogP) is 3.01. The molecule has 2 aromatic heterocycles. The van der Waals surface area contributed by atoms with Gasteiger partial charge in [-0.05, 0) is 25.0 Å². The first-order chi connectivity index (χ1) is 12.7. The van der Waals surface area contributed by atoms with Gasteiger partial charge in [0, 0.05) is 24.8 Å². The molecule has 3 heterocycles. The lowest BCUT2D eigenvalue weighted by molar-refractivity contribution is 0.184. The summed E-state index contributed by atoms with van der Waals surface area (Å²) >= 11 is 0. The predicted molar refractivity (Wildman–Crippen MR) is 90.8 cm³/mol. The summed E-state index contributed by atoms with van der Waals surface area (Å²) in [7, 11) is 0. The van der Waals surface area contributed by atoms with Crippen molar-refractivity contribution in [3.8, 4) is 11.4 Å². The monoisotopic (exact) mass is 356 g/mol. The van der Waals surface area contributed by atoms with E-state index in [1.807, 2.05) is 0 Å². The van der Waals surface area contributed by atoms with Crippen LogP contribution in [0.15, 0.2) is 41.2 Å². The highest BCUT2D eigenvalue weighted by Crippen LogP contribution is 2.28. The number of likely N-dealkylation sites (tertiary alicyclic amines) is 1. The van der Waals surface area contributed by atoms with Crippen LogP contribution in [-0.4, -0.2) is 44.4 Å². The fourth-order valence-electron chi connectivity index (χ4n) is 3.03. The first-order valence-corrected chi connectivity index (χ1v) is 8.33. The molecule has 1 aliphatic heterocycles. The molecule has 1 aliphatic rings. The summed E-state index contributed by atoms with van der Waals surface area (Å²) in [5, 5.41) is 13.2. The molecule has 0 spiro atoms. The van der Waals surface area contributed by atoms with Gasteiger partial charge in [0.1, 0.15) is 5.82 Å². The van der Waals surface area contributed by atoms with Crippen LogP contribution >= 0.6 is 0 Å². The number of amides is 2. The molecule has 134 valence electrons. The average Bonchev–Trinajstić information content (AvgIpc) is 3.34. The lowest BCUT2D eigenvalue weighted by Crippen LogP contribution is -2.41. The molecule has 2 N–H and O–H groups in total. The molecule has 9 heteroatoms. The standard InChI is InChI=1S/C17H17FN6O2/c18-13-5-1-3-11(7-13)15-22-16(26-23-15)12-4-2-6-24(10-12)17(25)21-14-8-19-20-9-14/h1,3,5,7-9,12H,2,4,6,10H2,(H,19,20)(H,21,25). The van der Waals surface area contributed by atoms with Crippen LogP contribution in [0.25, 0.3) is 11.4 Å². The average molecular weight is 356 g/mol. The van der Waals surface area contributed by atoms with Gasteiger partial charge in [-0.15, -0.1) is 0 Å². The third-order valence-corrected chi connectivity index (χ3v) is 4.33. The van der Waals surface area contributed by atoms with Crippen LogP contribution in [0.4, 0.5) is 14.9 Å². The maximum atomic E-state index is 13.4. The molecular formula is C17H17FN6O2. The van der Waals surface area contributed by atoms with E-state index in [0.29, 0.717) is 36.1 Å². The van der Waals surface area contributed by atoms with Crippen molar-refractivity contribution < 1.29 is 13.7 Å². The van der Waals surface area contributed by atoms with E-state index in [2.05, 4.69) is 25.7 Å². The Morgan fingerprint density at radius 1 is 1.42 bits per heavy atom. The number of carbonyl (C=O) groups is 1. The van der Waals surface area contributed by atoms with Crippen molar-refractivity contribution in [2.75, 3.05) is 18.4 Å². The third-order valence-electron chi connectivity index (χ3n) is 4.33. The lowest BCUT2D eigenvalue weighted by atomic mass is 9.98. The Morgan fingerprint density at radius 2 is 2.35 bits per heavy atom. The van der Waals surface area contributed by atoms with Crippen LogP contribution in [0.2, 0.25) is 0 Å². The molecule has 0 radical (unpaired) electrons. The second-order valence-corrected chi connectivity index (χ2v) is 6.17. The van der Waals surface area contributed by atoms with Crippen LogP contribution in [0.1, 0.15) is 24.7 Å². The molecule has 0 bridgehead atoms. The quantitative estimate of drug-likeness (QED) is 0.751. The molecule has 1 unspecified atom stereocenters. The van der Waals surface area contributed by atoms with Gasteiger partial charge < -0.3 is 14.7 Å². The molecule has 2 amide bonds. The second-order valence-electron chi connectivity index (χ2n) is 6.17. The number of hydrogen-bond donors (Lipinski definition) is 2. The first-order valence-electron chi connectivity index (χ1n) is 8.33. The van der Waals surface area contributed by atoms with Crippen molar-refractivity contribution in [2.24, 2.45) is 0 Å². The highest BCUT2D eigenvalue weighted by Gasteiger charge is 2.29. The summed E-state index contributed by atoms with van der Waals surface area (Å²) in [6.45, 7) is 1.14. The number of H-pyrrole nitrogens is 1. The minimum atomic E-state index is -0.353. The number of anilines is 1. The van der Waals surface area contributed by atoms with Gasteiger partial charge in [-0.1, -0.05) is 17.3 Å². The summed E-state index contributed by atoms with van der Waals surface area (Å²) in [5.74, 6) is 0.409. The van der Waals surface area contributed by atoms with Gasteiger partial charge in [-0.2, -0.15) is 10.1 Å². The van der Waals surface area contributed by atoms with Gasteiger partial charge in [-0.25, -0.2) is 9.18 Å². The van der Waals surface area contributed by atoms with Crippen LogP contribution in [0.5, 0.6) is 0 Å². The molecular weight excluding hydrogens is 339 g/mol. The number of nitrogens with zero attached hydrogens (tertiary/aromatic N) is 4. The topological polar surface area (TPSA) is 99.9 Å². The fraction of sp³-hybridized carbons (Fsp3) is 0.294. The van der Waals surface area contributed by atoms with Gasteiger partial charge >= 0.3 is 6.03 Å². The van der Waals surface area contributed by atoms with E-state index in [1.54, 1.807) is 29.4 Å². The van der Waals surface area contributed by atoms with Crippen LogP contribution in [-0.2, 0) is 0 Å². The van der Waals surface area contributed by atoms with Crippen LogP contribution < -0.4 is 5.32 Å². The molecule has 1 fully saturated rings. The number of rotatable bonds is 3. The maximum absolute atomic E-state index is 13.4. The Balaban J connectivity index is 1.45. The first kappa shape index (κ1) is 16.2. The third kappa shape index (κ3) is 3.41. The van der Waals surface area contributed by atoms with E-state index in [9.17, 15) is 9.18 Å². The van der Waals surface area contributed by atoms with E-state index in [-0.39, 0.29) is 17.8 Å². The minimum absolute atomic E-state index is 0.0475. The molecule has 1 saturated heterocycles. The number of halogens is 1. The molecule has 0 saturated carbocycles. The van der Waals surface area contributed by atoms with Crippen molar-refractivity contribution >= 4 is 11.7 Å². The molecule has 1 aromatic carbocycles. The van der Waals surface area contributed by atoms with Crippen molar-refractivity contribution in [3.05, 3.63) is 48.4 Å². The van der Waals surface area contributed by atoms with Crippen molar-refractivity contribution in [3.63, 3.8) is 0 Å². The summed E-state index contributed by atoms with van der Waals surface area (Å²) in [5.41, 5.74) is 1.17. The fourth-order valence-corrected chi connectivity index (χ4v) is 3.03. The summed E-state index contributed by atoms with van der Waals surface area (Å²) in [4.78, 5) is 18.5. The Kier molecular flexibility index (Phi) is 4.34. The zero-order valence-corrected chi connectivity index (χ0v) is 13.9. The zero-order valence-electron chi connectivity index (χ0n) is 13.9. The molecule has 3 aromatic rings. The second kappa shape index (κ2) is 6.95. The SMILES string of the molecule is O=C(Nc1cn[nH]c1)N1CCCC(c2nc(-c3cccc(F)c3)no2)C1. The van der Waals surface area contributed by atoms with E-state index in [4.69, 9.17) is 4.52 Å². The molecule has 8 nitrogen and oxygen atoms in total. The molecule has 26 heavy (non-hydrogen) atoms. The van der Waals surface area contributed by atoms with Gasteiger partial charge in [-0.3, -0.25) is 5.10 Å². The van der Waals surface area contributed by atoms with Crippen molar-refractivity contribution in [2.45, 2.75) is 18.8 Å². The number of benzene rings is 1. The molecule has 4 rings (SSSR count).